The summed E-state index contributed by atoms with van der Waals surface area (Å²) in [5.41, 5.74) is 3.19. The Morgan fingerprint density at radius 2 is 1.87 bits per heavy atom. The summed E-state index contributed by atoms with van der Waals surface area (Å²) in [6.45, 7) is 2.19. The minimum atomic E-state index is -0.101. The van der Waals surface area contributed by atoms with Gasteiger partial charge in [0.2, 0.25) is 6.79 Å². The molecule has 0 amide bonds. The van der Waals surface area contributed by atoms with Gasteiger partial charge in [-0.3, -0.25) is 9.36 Å². The molecule has 116 valence electrons. The van der Waals surface area contributed by atoms with E-state index in [0.717, 1.165) is 16.6 Å². The number of imidazole rings is 1. The number of hydrogen-bond donors (Lipinski definition) is 0. The van der Waals surface area contributed by atoms with E-state index in [1.54, 1.807) is 4.57 Å². The molecule has 23 heavy (non-hydrogen) atoms. The van der Waals surface area contributed by atoms with Crippen molar-refractivity contribution >= 4 is 28.7 Å². The number of hydrogen-bond acceptors (Lipinski definition) is 5. The summed E-state index contributed by atoms with van der Waals surface area (Å²) in [4.78, 5) is 17.5. The fourth-order valence-electron chi connectivity index (χ4n) is 2.60. The van der Waals surface area contributed by atoms with Gasteiger partial charge < -0.3 is 9.47 Å². The third-order valence-corrected chi connectivity index (χ3v) is 4.44. The number of benzene rings is 2. The molecule has 0 aliphatic carbocycles. The van der Waals surface area contributed by atoms with Crippen molar-refractivity contribution in [1.82, 2.24) is 9.55 Å². The van der Waals surface area contributed by atoms with Crippen LogP contribution in [-0.4, -0.2) is 28.5 Å². The summed E-state index contributed by atoms with van der Waals surface area (Å²) in [6, 6.07) is 11.2. The zero-order valence-corrected chi connectivity index (χ0v) is 13.5. The summed E-state index contributed by atoms with van der Waals surface area (Å²) in [6.07, 6.45) is 1.90. The fraction of sp³-hybridized carbons (Fsp3) is 0.176. The minimum Gasteiger partial charge on any atom is -0.454 e. The van der Waals surface area contributed by atoms with E-state index in [0.29, 0.717) is 22.2 Å². The van der Waals surface area contributed by atoms with E-state index in [2.05, 4.69) is 4.98 Å². The molecule has 0 saturated carbocycles. The molecule has 4 rings (SSSR count). The molecular formula is C17H14N2O3S. The Bertz CT molecular complexity index is 916. The molecular weight excluding hydrogens is 312 g/mol. The predicted molar refractivity (Wildman–Crippen MR) is 88.5 cm³/mol. The number of ether oxygens (including phenoxy) is 2. The lowest BCUT2D eigenvalue weighted by Crippen LogP contribution is -2.13. The van der Waals surface area contributed by atoms with E-state index in [4.69, 9.17) is 9.47 Å². The first-order valence-corrected chi connectivity index (χ1v) is 8.37. The molecule has 1 aliphatic rings. The number of nitrogens with zero attached hydrogens (tertiary/aromatic N) is 2. The fourth-order valence-corrected chi connectivity index (χ4v) is 3.16. The van der Waals surface area contributed by atoms with Crippen LogP contribution >= 0.6 is 11.8 Å². The molecule has 0 fully saturated rings. The van der Waals surface area contributed by atoms with Gasteiger partial charge in [0.25, 0.3) is 5.91 Å². The van der Waals surface area contributed by atoms with Crippen molar-refractivity contribution in [1.29, 1.82) is 0 Å². The first-order chi connectivity index (χ1) is 11.2. The zero-order valence-electron chi connectivity index (χ0n) is 12.7. The second-order valence-corrected chi connectivity index (χ2v) is 6.07. The topological polar surface area (TPSA) is 53.4 Å². The van der Waals surface area contributed by atoms with E-state index in [-0.39, 0.29) is 12.7 Å². The van der Waals surface area contributed by atoms with Crippen LogP contribution in [-0.2, 0) is 0 Å². The van der Waals surface area contributed by atoms with E-state index in [1.165, 1.54) is 11.8 Å². The Kier molecular flexibility index (Phi) is 3.27. The van der Waals surface area contributed by atoms with Crippen molar-refractivity contribution < 1.29 is 14.3 Å². The molecule has 0 atom stereocenters. The molecule has 2 aromatic carbocycles. The molecule has 3 aromatic rings. The van der Waals surface area contributed by atoms with Crippen LogP contribution in [0, 0.1) is 6.92 Å². The maximum atomic E-state index is 13.0. The highest BCUT2D eigenvalue weighted by atomic mass is 32.2. The lowest BCUT2D eigenvalue weighted by Gasteiger charge is -2.07. The van der Waals surface area contributed by atoms with Crippen LogP contribution in [0.1, 0.15) is 15.9 Å². The van der Waals surface area contributed by atoms with Gasteiger partial charge in [0.1, 0.15) is 0 Å². The standard InChI is InChI=1S/C17H14N2O3S/c1-10-3-5-11(6-4-10)16(20)19-13-8-15-14(21-9-22-15)7-12(13)18-17(19)23-2/h3-8H,9H2,1-2H3. The monoisotopic (exact) mass is 326 g/mol. The van der Waals surface area contributed by atoms with Gasteiger partial charge in [0, 0.05) is 17.7 Å². The van der Waals surface area contributed by atoms with E-state index in [1.807, 2.05) is 49.6 Å². The number of thioether (sulfide) groups is 1. The first kappa shape index (κ1) is 14.1. The smallest absolute Gasteiger partial charge is 0.264 e. The molecule has 6 heteroatoms. The van der Waals surface area contributed by atoms with Crippen LogP contribution in [0.4, 0.5) is 0 Å². The van der Waals surface area contributed by atoms with Gasteiger partial charge in [-0.25, -0.2) is 4.98 Å². The molecule has 1 aliphatic heterocycles. The summed E-state index contributed by atoms with van der Waals surface area (Å²) in [5.74, 6) is 1.20. The van der Waals surface area contributed by atoms with Crippen molar-refractivity contribution in [2.45, 2.75) is 12.1 Å². The Labute approximate surface area is 137 Å². The van der Waals surface area contributed by atoms with E-state index in [9.17, 15) is 4.79 Å². The lowest BCUT2D eigenvalue weighted by atomic mass is 10.1. The van der Waals surface area contributed by atoms with Crippen molar-refractivity contribution in [3.05, 3.63) is 47.5 Å². The summed E-state index contributed by atoms with van der Waals surface area (Å²) < 4.78 is 12.4. The van der Waals surface area contributed by atoms with Gasteiger partial charge in [-0.2, -0.15) is 0 Å². The highest BCUT2D eigenvalue weighted by molar-refractivity contribution is 7.98. The van der Waals surface area contributed by atoms with E-state index >= 15 is 0 Å². The van der Waals surface area contributed by atoms with Crippen molar-refractivity contribution in [2.24, 2.45) is 0 Å². The van der Waals surface area contributed by atoms with Crippen molar-refractivity contribution in [2.75, 3.05) is 13.0 Å². The Morgan fingerprint density at radius 1 is 1.17 bits per heavy atom. The van der Waals surface area contributed by atoms with Gasteiger partial charge >= 0.3 is 0 Å². The molecule has 0 unspecified atom stereocenters. The van der Waals surface area contributed by atoms with E-state index < -0.39 is 0 Å². The average molecular weight is 326 g/mol. The Hall–Kier alpha value is -2.47. The first-order valence-electron chi connectivity index (χ1n) is 7.15. The molecule has 0 bridgehead atoms. The largest absolute Gasteiger partial charge is 0.454 e. The summed E-state index contributed by atoms with van der Waals surface area (Å²) in [7, 11) is 0. The summed E-state index contributed by atoms with van der Waals surface area (Å²) >= 11 is 1.43. The van der Waals surface area contributed by atoms with Crippen molar-refractivity contribution in [3.8, 4) is 11.5 Å². The number of carbonyl (C=O) groups excluding carboxylic acids is 1. The molecule has 0 radical (unpaired) electrons. The minimum absolute atomic E-state index is 0.101. The van der Waals surface area contributed by atoms with Gasteiger partial charge in [-0.1, -0.05) is 29.5 Å². The molecule has 1 aromatic heterocycles. The van der Waals surface area contributed by atoms with Crippen molar-refractivity contribution in [3.63, 3.8) is 0 Å². The third-order valence-electron chi connectivity index (χ3n) is 3.80. The maximum Gasteiger partial charge on any atom is 0.264 e. The van der Waals surface area contributed by atoms with Crippen LogP contribution in [0.25, 0.3) is 11.0 Å². The Balaban J connectivity index is 1.90. The van der Waals surface area contributed by atoms with Crippen LogP contribution in [0.3, 0.4) is 0 Å². The number of aryl methyl sites for hydroxylation is 1. The van der Waals surface area contributed by atoms with Crippen LogP contribution in [0.2, 0.25) is 0 Å². The zero-order chi connectivity index (χ0) is 16.0. The van der Waals surface area contributed by atoms with Gasteiger partial charge in [0.05, 0.1) is 11.0 Å². The number of rotatable bonds is 2. The highest BCUT2D eigenvalue weighted by Gasteiger charge is 2.22. The SMILES string of the molecule is CSc1nc2cc3c(cc2n1C(=O)c1ccc(C)cc1)OCO3. The third kappa shape index (κ3) is 2.26. The highest BCUT2D eigenvalue weighted by Crippen LogP contribution is 2.37. The Morgan fingerprint density at radius 3 is 2.57 bits per heavy atom. The lowest BCUT2D eigenvalue weighted by molar-refractivity contribution is 0.0955. The van der Waals surface area contributed by atoms with Gasteiger partial charge in [-0.15, -0.1) is 0 Å². The van der Waals surface area contributed by atoms with Gasteiger partial charge in [-0.05, 0) is 25.3 Å². The normalized spacial score (nSPS) is 12.8. The predicted octanol–water partition coefficient (Wildman–Crippen LogP) is 3.48. The number of fused-ring (bicyclic) bond motifs is 2. The quantitative estimate of drug-likeness (QED) is 0.675. The number of aromatic nitrogens is 2. The number of carbonyl (C=O) groups is 1. The summed E-state index contributed by atoms with van der Waals surface area (Å²) in [5, 5.41) is 0.647. The second-order valence-electron chi connectivity index (χ2n) is 5.30. The molecule has 0 spiro atoms. The van der Waals surface area contributed by atoms with Crippen LogP contribution < -0.4 is 9.47 Å². The second kappa shape index (κ2) is 5.31. The van der Waals surface area contributed by atoms with Gasteiger partial charge in [0.15, 0.2) is 16.7 Å². The molecule has 0 saturated heterocycles. The van der Waals surface area contributed by atoms with Crippen LogP contribution in [0.15, 0.2) is 41.6 Å². The molecule has 0 N–H and O–H groups in total. The maximum absolute atomic E-state index is 13.0. The molecule has 2 heterocycles. The van der Waals surface area contributed by atoms with Crippen LogP contribution in [0.5, 0.6) is 11.5 Å². The molecule has 5 nitrogen and oxygen atoms in total. The average Bonchev–Trinajstić information content (AvgIpc) is 3.15.